The van der Waals surface area contributed by atoms with Crippen LogP contribution < -0.4 is 15.7 Å². The van der Waals surface area contributed by atoms with Gasteiger partial charge in [0.1, 0.15) is 21.3 Å². The van der Waals surface area contributed by atoms with E-state index in [9.17, 15) is 9.59 Å². The SMILES string of the molecule is CCc1cc(=O)oc2cc(OC(C)C(=O)NCc3nnc(C)s3)ccc12. The van der Waals surface area contributed by atoms with Crippen LogP contribution in [0.25, 0.3) is 11.0 Å². The highest BCUT2D eigenvalue weighted by Crippen LogP contribution is 2.23. The van der Waals surface area contributed by atoms with Crippen LogP contribution >= 0.6 is 11.3 Å². The minimum absolute atomic E-state index is 0.262. The maximum absolute atomic E-state index is 12.2. The smallest absolute Gasteiger partial charge is 0.336 e. The minimum atomic E-state index is -0.706. The summed E-state index contributed by atoms with van der Waals surface area (Å²) in [5.74, 6) is 0.199. The van der Waals surface area contributed by atoms with Crippen molar-refractivity contribution in [1.29, 1.82) is 0 Å². The molecule has 0 fully saturated rings. The minimum Gasteiger partial charge on any atom is -0.481 e. The molecule has 136 valence electrons. The number of aryl methyl sites for hydroxylation is 2. The molecule has 0 saturated heterocycles. The number of benzene rings is 1. The predicted octanol–water partition coefficient (Wildman–Crippen LogP) is 2.60. The third-order valence-corrected chi connectivity index (χ3v) is 4.69. The fraction of sp³-hybridized carbons (Fsp3) is 0.333. The Morgan fingerprint density at radius 3 is 2.85 bits per heavy atom. The van der Waals surface area contributed by atoms with Crippen LogP contribution in [0.15, 0.2) is 33.5 Å². The fourth-order valence-corrected chi connectivity index (χ4v) is 3.20. The quantitative estimate of drug-likeness (QED) is 0.668. The molecule has 0 aliphatic heterocycles. The second-order valence-electron chi connectivity index (χ2n) is 5.79. The average molecular weight is 373 g/mol. The maximum atomic E-state index is 12.2. The summed E-state index contributed by atoms with van der Waals surface area (Å²) in [6, 6.07) is 6.72. The van der Waals surface area contributed by atoms with Gasteiger partial charge in [-0.05, 0) is 38.0 Å². The molecule has 0 aliphatic rings. The van der Waals surface area contributed by atoms with Gasteiger partial charge in [-0.15, -0.1) is 10.2 Å². The second kappa shape index (κ2) is 7.65. The van der Waals surface area contributed by atoms with Crippen LogP contribution in [0.1, 0.15) is 29.4 Å². The van der Waals surface area contributed by atoms with Gasteiger partial charge in [0.15, 0.2) is 6.10 Å². The van der Waals surface area contributed by atoms with Crippen LogP contribution in [0.2, 0.25) is 0 Å². The van der Waals surface area contributed by atoms with E-state index in [1.807, 2.05) is 19.9 Å². The molecule has 26 heavy (non-hydrogen) atoms. The second-order valence-corrected chi connectivity index (χ2v) is 7.06. The van der Waals surface area contributed by atoms with Crippen molar-refractivity contribution in [3.63, 3.8) is 0 Å². The van der Waals surface area contributed by atoms with Crippen molar-refractivity contribution < 1.29 is 13.9 Å². The molecule has 0 radical (unpaired) electrons. The van der Waals surface area contributed by atoms with Crippen LogP contribution in [0.5, 0.6) is 5.75 Å². The van der Waals surface area contributed by atoms with Gasteiger partial charge in [0.05, 0.1) is 6.54 Å². The van der Waals surface area contributed by atoms with Crippen molar-refractivity contribution in [3.8, 4) is 5.75 Å². The normalized spacial score (nSPS) is 12.1. The number of fused-ring (bicyclic) bond motifs is 1. The van der Waals surface area contributed by atoms with Gasteiger partial charge in [-0.25, -0.2) is 4.79 Å². The lowest BCUT2D eigenvalue weighted by Crippen LogP contribution is -2.35. The van der Waals surface area contributed by atoms with E-state index in [2.05, 4.69) is 15.5 Å². The van der Waals surface area contributed by atoms with Crippen molar-refractivity contribution in [2.75, 3.05) is 0 Å². The standard InChI is InChI=1S/C18H19N3O4S/c1-4-12-7-17(22)25-15-8-13(5-6-14(12)15)24-10(2)18(23)19-9-16-21-20-11(3)26-16/h5-8,10H,4,9H2,1-3H3,(H,19,23). The molecule has 2 aromatic heterocycles. The molecule has 1 unspecified atom stereocenters. The first-order valence-electron chi connectivity index (χ1n) is 8.26. The lowest BCUT2D eigenvalue weighted by atomic mass is 10.1. The molecule has 1 amide bonds. The summed E-state index contributed by atoms with van der Waals surface area (Å²) >= 11 is 1.43. The molecule has 3 rings (SSSR count). The van der Waals surface area contributed by atoms with E-state index >= 15 is 0 Å². The summed E-state index contributed by atoms with van der Waals surface area (Å²) in [4.78, 5) is 23.8. The highest BCUT2D eigenvalue weighted by atomic mass is 32.1. The third kappa shape index (κ3) is 4.08. The first-order valence-corrected chi connectivity index (χ1v) is 9.08. The number of aromatic nitrogens is 2. The highest BCUT2D eigenvalue weighted by Gasteiger charge is 2.16. The summed E-state index contributed by atoms with van der Waals surface area (Å²) in [6.07, 6.45) is 0.0224. The van der Waals surface area contributed by atoms with Crippen LogP contribution in [-0.4, -0.2) is 22.2 Å². The number of ether oxygens (including phenoxy) is 1. The van der Waals surface area contributed by atoms with Gasteiger partial charge in [0.2, 0.25) is 0 Å². The Balaban J connectivity index is 1.69. The summed E-state index contributed by atoms with van der Waals surface area (Å²) < 4.78 is 10.9. The monoisotopic (exact) mass is 373 g/mol. The summed E-state index contributed by atoms with van der Waals surface area (Å²) in [7, 11) is 0. The number of rotatable bonds is 6. The predicted molar refractivity (Wildman–Crippen MR) is 98.4 cm³/mol. The van der Waals surface area contributed by atoms with Crippen molar-refractivity contribution in [3.05, 3.63) is 50.3 Å². The Labute approximate surface area is 154 Å². The molecule has 7 nitrogen and oxygen atoms in total. The number of nitrogens with one attached hydrogen (secondary N) is 1. The largest absolute Gasteiger partial charge is 0.481 e. The molecule has 0 spiro atoms. The van der Waals surface area contributed by atoms with E-state index < -0.39 is 11.7 Å². The van der Waals surface area contributed by atoms with Crippen LogP contribution in [0.4, 0.5) is 0 Å². The zero-order valence-corrected chi connectivity index (χ0v) is 15.6. The van der Waals surface area contributed by atoms with Gasteiger partial charge in [-0.1, -0.05) is 18.3 Å². The van der Waals surface area contributed by atoms with E-state index in [-0.39, 0.29) is 5.91 Å². The zero-order chi connectivity index (χ0) is 18.7. The van der Waals surface area contributed by atoms with Gasteiger partial charge in [-0.2, -0.15) is 0 Å². The topological polar surface area (TPSA) is 94.3 Å². The number of hydrogen-bond acceptors (Lipinski definition) is 7. The molecule has 0 bridgehead atoms. The van der Waals surface area contributed by atoms with E-state index in [0.29, 0.717) is 17.9 Å². The molecule has 1 N–H and O–H groups in total. The molecular formula is C18H19N3O4S. The van der Waals surface area contributed by atoms with Crippen molar-refractivity contribution in [2.45, 2.75) is 39.8 Å². The average Bonchev–Trinajstić information content (AvgIpc) is 3.03. The molecule has 8 heteroatoms. The summed E-state index contributed by atoms with van der Waals surface area (Å²) in [5.41, 5.74) is 0.967. The lowest BCUT2D eigenvalue weighted by Gasteiger charge is -2.14. The first-order chi connectivity index (χ1) is 12.5. The molecular weight excluding hydrogens is 354 g/mol. The van der Waals surface area contributed by atoms with E-state index in [0.717, 1.165) is 27.4 Å². The van der Waals surface area contributed by atoms with E-state index in [1.165, 1.54) is 17.4 Å². The Bertz CT molecular complexity index is 996. The third-order valence-electron chi connectivity index (χ3n) is 3.85. The van der Waals surface area contributed by atoms with Crippen molar-refractivity contribution in [1.82, 2.24) is 15.5 Å². The number of nitrogens with zero attached hydrogens (tertiary/aromatic N) is 2. The summed E-state index contributed by atoms with van der Waals surface area (Å²) in [5, 5.41) is 13.1. The van der Waals surface area contributed by atoms with Crippen LogP contribution in [-0.2, 0) is 17.8 Å². The summed E-state index contributed by atoms with van der Waals surface area (Å²) in [6.45, 7) is 5.80. The zero-order valence-electron chi connectivity index (χ0n) is 14.7. The van der Waals surface area contributed by atoms with Crippen LogP contribution in [0.3, 0.4) is 0 Å². The van der Waals surface area contributed by atoms with Gasteiger partial charge >= 0.3 is 5.63 Å². The number of amides is 1. The van der Waals surface area contributed by atoms with Gasteiger partial charge in [0, 0.05) is 17.5 Å². The molecule has 1 aromatic carbocycles. The molecule has 1 atom stereocenters. The van der Waals surface area contributed by atoms with E-state index in [4.69, 9.17) is 9.15 Å². The van der Waals surface area contributed by atoms with Gasteiger partial charge in [0.25, 0.3) is 5.91 Å². The van der Waals surface area contributed by atoms with Gasteiger partial charge < -0.3 is 14.5 Å². The fourth-order valence-electron chi connectivity index (χ4n) is 2.55. The molecule has 2 heterocycles. The Morgan fingerprint density at radius 1 is 1.35 bits per heavy atom. The Hall–Kier alpha value is -2.74. The molecule has 3 aromatic rings. The number of carbonyl (C=O) groups is 1. The maximum Gasteiger partial charge on any atom is 0.336 e. The Morgan fingerprint density at radius 2 is 2.15 bits per heavy atom. The molecule has 0 saturated carbocycles. The van der Waals surface area contributed by atoms with Crippen molar-refractivity contribution in [2.24, 2.45) is 0 Å². The van der Waals surface area contributed by atoms with Crippen LogP contribution in [0, 0.1) is 6.92 Å². The lowest BCUT2D eigenvalue weighted by molar-refractivity contribution is -0.127. The van der Waals surface area contributed by atoms with E-state index in [1.54, 1.807) is 19.1 Å². The number of carbonyl (C=O) groups excluding carboxylic acids is 1. The van der Waals surface area contributed by atoms with Crippen molar-refractivity contribution >= 4 is 28.2 Å². The Kier molecular flexibility index (Phi) is 5.32. The first kappa shape index (κ1) is 18.1. The molecule has 0 aliphatic carbocycles. The number of hydrogen-bond donors (Lipinski definition) is 1. The highest BCUT2D eigenvalue weighted by molar-refractivity contribution is 7.11. The van der Waals surface area contributed by atoms with Gasteiger partial charge in [-0.3, -0.25) is 4.79 Å².